The predicted octanol–water partition coefficient (Wildman–Crippen LogP) is 1.20. The van der Waals surface area contributed by atoms with E-state index in [4.69, 9.17) is 4.74 Å². The molecule has 1 amide bonds. The van der Waals surface area contributed by atoms with Crippen molar-refractivity contribution in [1.29, 1.82) is 0 Å². The quantitative estimate of drug-likeness (QED) is 0.830. The van der Waals surface area contributed by atoms with Crippen LogP contribution in [0.2, 0.25) is 0 Å². The number of fused-ring (bicyclic) bond motifs is 1. The summed E-state index contributed by atoms with van der Waals surface area (Å²) in [6.45, 7) is 4.15. The van der Waals surface area contributed by atoms with Gasteiger partial charge in [-0.05, 0) is 24.4 Å². The molecule has 2 saturated heterocycles. The van der Waals surface area contributed by atoms with Crippen molar-refractivity contribution in [2.75, 3.05) is 32.8 Å². The highest BCUT2D eigenvalue weighted by atomic mass is 32.1. The maximum atomic E-state index is 12.3. The molecule has 2 fully saturated rings. The average Bonchev–Trinajstić information content (AvgIpc) is 2.84. The third-order valence-corrected chi connectivity index (χ3v) is 4.45. The molecule has 1 aromatic rings. The Kier molecular flexibility index (Phi) is 3.63. The smallest absolute Gasteiger partial charge is 0.254 e. The van der Waals surface area contributed by atoms with E-state index in [2.05, 4.69) is 5.32 Å². The Labute approximate surface area is 111 Å². The minimum absolute atomic E-state index is 0.152. The monoisotopic (exact) mass is 266 g/mol. The SMILES string of the molecule is O=C(c1ccsc1)N1CCO[C@@H]2CNCC[C@@H]2C1. The van der Waals surface area contributed by atoms with E-state index in [-0.39, 0.29) is 12.0 Å². The van der Waals surface area contributed by atoms with Gasteiger partial charge in [-0.25, -0.2) is 0 Å². The second-order valence-electron chi connectivity index (χ2n) is 4.93. The van der Waals surface area contributed by atoms with Gasteiger partial charge >= 0.3 is 0 Å². The molecule has 5 heteroatoms. The molecule has 3 heterocycles. The van der Waals surface area contributed by atoms with Gasteiger partial charge in [0, 0.05) is 30.9 Å². The minimum Gasteiger partial charge on any atom is -0.375 e. The number of ether oxygens (including phenoxy) is 1. The topological polar surface area (TPSA) is 41.6 Å². The molecule has 18 heavy (non-hydrogen) atoms. The first-order valence-corrected chi connectivity index (χ1v) is 7.42. The number of nitrogens with one attached hydrogen (secondary N) is 1. The number of hydrogen-bond acceptors (Lipinski definition) is 4. The fraction of sp³-hybridized carbons (Fsp3) is 0.615. The summed E-state index contributed by atoms with van der Waals surface area (Å²) in [7, 11) is 0. The summed E-state index contributed by atoms with van der Waals surface area (Å²) in [5.74, 6) is 0.635. The second kappa shape index (κ2) is 5.38. The molecule has 0 saturated carbocycles. The molecule has 1 N–H and O–H groups in total. The molecule has 2 atom stereocenters. The van der Waals surface area contributed by atoms with Crippen LogP contribution in [0.25, 0.3) is 0 Å². The van der Waals surface area contributed by atoms with E-state index >= 15 is 0 Å². The van der Waals surface area contributed by atoms with E-state index in [0.29, 0.717) is 19.1 Å². The van der Waals surface area contributed by atoms with Crippen LogP contribution < -0.4 is 5.32 Å². The Bertz CT molecular complexity index is 407. The number of thiophene rings is 1. The minimum atomic E-state index is 0.152. The summed E-state index contributed by atoms with van der Waals surface area (Å²) in [6, 6.07) is 1.90. The lowest BCUT2D eigenvalue weighted by Crippen LogP contribution is -2.45. The van der Waals surface area contributed by atoms with Gasteiger partial charge in [0.05, 0.1) is 18.3 Å². The van der Waals surface area contributed by atoms with Crippen LogP contribution in [0.4, 0.5) is 0 Å². The van der Waals surface area contributed by atoms with E-state index in [1.807, 2.05) is 21.7 Å². The summed E-state index contributed by atoms with van der Waals surface area (Å²) < 4.78 is 5.85. The molecule has 0 spiro atoms. The van der Waals surface area contributed by atoms with Crippen LogP contribution in [0.15, 0.2) is 16.8 Å². The van der Waals surface area contributed by atoms with Gasteiger partial charge in [0.25, 0.3) is 5.91 Å². The largest absolute Gasteiger partial charge is 0.375 e. The number of piperidine rings is 1. The van der Waals surface area contributed by atoms with Gasteiger partial charge in [0.15, 0.2) is 0 Å². The number of carbonyl (C=O) groups excluding carboxylic acids is 1. The summed E-state index contributed by atoms with van der Waals surface area (Å²) in [5.41, 5.74) is 0.812. The number of nitrogens with zero attached hydrogens (tertiary/aromatic N) is 1. The van der Waals surface area contributed by atoms with Crippen molar-refractivity contribution in [1.82, 2.24) is 10.2 Å². The lowest BCUT2D eigenvalue weighted by Gasteiger charge is -2.31. The van der Waals surface area contributed by atoms with Crippen LogP contribution in [0, 0.1) is 5.92 Å². The fourth-order valence-corrected chi connectivity index (χ4v) is 3.36. The zero-order valence-corrected chi connectivity index (χ0v) is 11.1. The maximum absolute atomic E-state index is 12.3. The Morgan fingerprint density at radius 3 is 3.33 bits per heavy atom. The molecule has 2 aliphatic heterocycles. The maximum Gasteiger partial charge on any atom is 0.254 e. The summed E-state index contributed by atoms with van der Waals surface area (Å²) in [4.78, 5) is 14.3. The molecule has 3 rings (SSSR count). The number of carbonyl (C=O) groups is 1. The lowest BCUT2D eigenvalue weighted by molar-refractivity contribution is 0.0179. The highest BCUT2D eigenvalue weighted by molar-refractivity contribution is 7.08. The highest BCUT2D eigenvalue weighted by Crippen LogP contribution is 2.21. The number of hydrogen-bond donors (Lipinski definition) is 1. The zero-order chi connectivity index (χ0) is 12.4. The molecule has 0 aromatic carbocycles. The summed E-state index contributed by atoms with van der Waals surface area (Å²) in [5, 5.41) is 7.23. The van der Waals surface area contributed by atoms with Crippen molar-refractivity contribution in [3.05, 3.63) is 22.4 Å². The number of rotatable bonds is 1. The predicted molar refractivity (Wildman–Crippen MR) is 70.9 cm³/mol. The highest BCUT2D eigenvalue weighted by Gasteiger charge is 2.32. The molecule has 0 unspecified atom stereocenters. The van der Waals surface area contributed by atoms with Gasteiger partial charge in [0.1, 0.15) is 0 Å². The van der Waals surface area contributed by atoms with Crippen molar-refractivity contribution in [3.63, 3.8) is 0 Å². The van der Waals surface area contributed by atoms with Crippen LogP contribution in [-0.2, 0) is 4.74 Å². The molecule has 0 radical (unpaired) electrons. The van der Waals surface area contributed by atoms with Gasteiger partial charge < -0.3 is 15.0 Å². The summed E-state index contributed by atoms with van der Waals surface area (Å²) in [6.07, 6.45) is 1.37. The number of amides is 1. The molecule has 0 bridgehead atoms. The van der Waals surface area contributed by atoms with Crippen molar-refractivity contribution >= 4 is 17.2 Å². The van der Waals surface area contributed by atoms with E-state index < -0.39 is 0 Å². The lowest BCUT2D eigenvalue weighted by atomic mass is 9.94. The van der Waals surface area contributed by atoms with Gasteiger partial charge in [-0.1, -0.05) is 0 Å². The Morgan fingerprint density at radius 1 is 1.56 bits per heavy atom. The molecule has 4 nitrogen and oxygen atoms in total. The molecule has 2 aliphatic rings. The van der Waals surface area contributed by atoms with Crippen LogP contribution in [0.1, 0.15) is 16.8 Å². The first kappa shape index (κ1) is 12.1. The fourth-order valence-electron chi connectivity index (χ4n) is 2.73. The van der Waals surface area contributed by atoms with Crippen molar-refractivity contribution < 1.29 is 9.53 Å². The normalized spacial score (nSPS) is 28.6. The molecular weight excluding hydrogens is 248 g/mol. The second-order valence-corrected chi connectivity index (χ2v) is 5.71. The van der Waals surface area contributed by atoms with Crippen LogP contribution in [0.3, 0.4) is 0 Å². The van der Waals surface area contributed by atoms with E-state index in [0.717, 1.165) is 31.6 Å². The molecule has 98 valence electrons. The Balaban J connectivity index is 1.71. The van der Waals surface area contributed by atoms with E-state index in [9.17, 15) is 4.79 Å². The van der Waals surface area contributed by atoms with Crippen molar-refractivity contribution in [2.45, 2.75) is 12.5 Å². The van der Waals surface area contributed by atoms with Gasteiger partial charge in [0.2, 0.25) is 0 Å². The van der Waals surface area contributed by atoms with Crippen LogP contribution >= 0.6 is 11.3 Å². The van der Waals surface area contributed by atoms with Crippen molar-refractivity contribution in [2.24, 2.45) is 5.92 Å². The van der Waals surface area contributed by atoms with E-state index in [1.54, 1.807) is 11.3 Å². The molecule has 0 aliphatic carbocycles. The summed E-state index contributed by atoms with van der Waals surface area (Å²) >= 11 is 1.57. The first-order valence-electron chi connectivity index (χ1n) is 6.48. The molecule has 1 aromatic heterocycles. The van der Waals surface area contributed by atoms with Crippen molar-refractivity contribution in [3.8, 4) is 0 Å². The van der Waals surface area contributed by atoms with Gasteiger partial charge in [-0.2, -0.15) is 11.3 Å². The van der Waals surface area contributed by atoms with Gasteiger partial charge in [-0.3, -0.25) is 4.79 Å². The first-order chi connectivity index (χ1) is 8.84. The zero-order valence-electron chi connectivity index (χ0n) is 10.3. The standard InChI is InChI=1S/C13H18N2O2S/c16-13(11-2-6-18-9-11)15-4-5-17-12-7-14-3-1-10(12)8-15/h2,6,9-10,12,14H,1,3-5,7-8H2/t10-,12-/m1/s1. The average molecular weight is 266 g/mol. The Morgan fingerprint density at radius 2 is 2.50 bits per heavy atom. The van der Waals surface area contributed by atoms with Crippen LogP contribution in [0.5, 0.6) is 0 Å². The van der Waals surface area contributed by atoms with E-state index in [1.165, 1.54) is 0 Å². The van der Waals surface area contributed by atoms with Crippen LogP contribution in [-0.4, -0.2) is 49.7 Å². The van der Waals surface area contributed by atoms with Gasteiger partial charge in [-0.15, -0.1) is 0 Å². The Hall–Kier alpha value is -0.910. The molecular formula is C13H18N2O2S. The third-order valence-electron chi connectivity index (χ3n) is 3.77. The third kappa shape index (κ3) is 2.43.